The van der Waals surface area contributed by atoms with Gasteiger partial charge in [0.2, 0.25) is 5.91 Å². The second-order valence-corrected chi connectivity index (χ2v) is 5.99. The Balaban J connectivity index is 1.75. The lowest BCUT2D eigenvalue weighted by Gasteiger charge is -2.06. The zero-order valence-electron chi connectivity index (χ0n) is 11.2. The number of halogens is 1. The minimum Gasteiger partial charge on any atom is -0.351 e. The summed E-state index contributed by atoms with van der Waals surface area (Å²) in [5, 5.41) is 3.60. The molecule has 0 aliphatic heterocycles. The molecule has 20 heavy (non-hydrogen) atoms. The van der Waals surface area contributed by atoms with Gasteiger partial charge in [0.1, 0.15) is 0 Å². The van der Waals surface area contributed by atoms with Gasteiger partial charge in [-0.15, -0.1) is 11.8 Å². The normalized spacial score (nSPS) is 10.3. The van der Waals surface area contributed by atoms with E-state index in [1.165, 1.54) is 5.56 Å². The molecule has 0 heterocycles. The number of thioether (sulfide) groups is 1. The Morgan fingerprint density at radius 3 is 2.40 bits per heavy atom. The first-order valence-electron chi connectivity index (χ1n) is 6.34. The highest BCUT2D eigenvalue weighted by Crippen LogP contribution is 2.17. The van der Waals surface area contributed by atoms with E-state index in [2.05, 4.69) is 5.32 Å². The predicted octanol–water partition coefficient (Wildman–Crippen LogP) is 4.06. The quantitative estimate of drug-likeness (QED) is 0.844. The third-order valence-electron chi connectivity index (χ3n) is 2.79. The average molecular weight is 306 g/mol. The summed E-state index contributed by atoms with van der Waals surface area (Å²) >= 11 is 7.35. The summed E-state index contributed by atoms with van der Waals surface area (Å²) in [4.78, 5) is 12.9. The van der Waals surface area contributed by atoms with Gasteiger partial charge in [0.15, 0.2) is 0 Å². The van der Waals surface area contributed by atoms with Gasteiger partial charge in [-0.2, -0.15) is 0 Å². The van der Waals surface area contributed by atoms with Gasteiger partial charge >= 0.3 is 0 Å². The number of hydrogen-bond acceptors (Lipinski definition) is 2. The van der Waals surface area contributed by atoms with Crippen molar-refractivity contribution >= 4 is 29.3 Å². The molecule has 0 atom stereocenters. The van der Waals surface area contributed by atoms with Crippen LogP contribution in [0.25, 0.3) is 0 Å². The predicted molar refractivity (Wildman–Crippen MR) is 85.2 cm³/mol. The molecule has 2 aromatic carbocycles. The lowest BCUT2D eigenvalue weighted by atomic mass is 10.2. The molecular formula is C16H16ClNOS. The molecule has 1 amide bonds. The molecule has 0 aliphatic carbocycles. The summed E-state index contributed by atoms with van der Waals surface area (Å²) in [6.45, 7) is 2.58. The first kappa shape index (κ1) is 14.9. The smallest absolute Gasteiger partial charge is 0.230 e. The van der Waals surface area contributed by atoms with E-state index < -0.39 is 0 Å². The van der Waals surface area contributed by atoms with E-state index in [1.807, 2.05) is 55.5 Å². The van der Waals surface area contributed by atoms with Crippen molar-refractivity contribution in [2.24, 2.45) is 0 Å². The van der Waals surface area contributed by atoms with Crippen LogP contribution in [0.1, 0.15) is 11.1 Å². The Kier molecular flexibility index (Phi) is 5.50. The Labute approximate surface area is 128 Å². The molecule has 0 unspecified atom stereocenters. The fraction of sp³-hybridized carbons (Fsp3) is 0.188. The van der Waals surface area contributed by atoms with Gasteiger partial charge in [-0.3, -0.25) is 4.79 Å². The summed E-state index contributed by atoms with van der Waals surface area (Å²) in [6, 6.07) is 15.6. The summed E-state index contributed by atoms with van der Waals surface area (Å²) in [7, 11) is 0. The van der Waals surface area contributed by atoms with Gasteiger partial charge in [-0.25, -0.2) is 0 Å². The van der Waals surface area contributed by atoms with E-state index >= 15 is 0 Å². The Hall–Kier alpha value is -1.45. The van der Waals surface area contributed by atoms with Gasteiger partial charge in [0.25, 0.3) is 0 Å². The van der Waals surface area contributed by atoms with E-state index in [-0.39, 0.29) is 5.91 Å². The molecule has 0 saturated heterocycles. The van der Waals surface area contributed by atoms with Crippen LogP contribution >= 0.6 is 23.4 Å². The van der Waals surface area contributed by atoms with Crippen LogP contribution in [0.3, 0.4) is 0 Å². The van der Waals surface area contributed by atoms with Crippen LogP contribution in [0, 0.1) is 6.92 Å². The van der Waals surface area contributed by atoms with Crippen LogP contribution in [0.2, 0.25) is 5.02 Å². The van der Waals surface area contributed by atoms with Crippen molar-refractivity contribution in [1.82, 2.24) is 5.32 Å². The van der Waals surface area contributed by atoms with Crippen LogP contribution in [-0.4, -0.2) is 11.7 Å². The van der Waals surface area contributed by atoms with E-state index in [4.69, 9.17) is 11.6 Å². The fourth-order valence-corrected chi connectivity index (χ4v) is 2.49. The van der Waals surface area contributed by atoms with E-state index in [0.717, 1.165) is 10.5 Å². The third-order valence-corrected chi connectivity index (χ3v) is 4.06. The average Bonchev–Trinajstić information content (AvgIpc) is 2.46. The van der Waals surface area contributed by atoms with Crippen LogP contribution in [-0.2, 0) is 11.3 Å². The number of nitrogens with one attached hydrogen (secondary N) is 1. The zero-order valence-corrected chi connectivity index (χ0v) is 12.8. The third kappa shape index (κ3) is 4.91. The lowest BCUT2D eigenvalue weighted by molar-refractivity contribution is -0.118. The number of rotatable bonds is 5. The van der Waals surface area contributed by atoms with Crippen molar-refractivity contribution in [2.75, 3.05) is 5.75 Å². The Bertz CT molecular complexity index is 515. The maximum absolute atomic E-state index is 11.8. The molecule has 0 fully saturated rings. The molecule has 0 spiro atoms. The van der Waals surface area contributed by atoms with Crippen LogP contribution in [0.4, 0.5) is 0 Å². The Morgan fingerprint density at radius 1 is 1.10 bits per heavy atom. The molecule has 1 N–H and O–H groups in total. The van der Waals surface area contributed by atoms with E-state index in [0.29, 0.717) is 17.3 Å². The highest BCUT2D eigenvalue weighted by atomic mass is 35.5. The minimum atomic E-state index is 0.0329. The second-order valence-electron chi connectivity index (χ2n) is 4.50. The fourth-order valence-electron chi connectivity index (χ4n) is 1.64. The standard InChI is InChI=1S/C16H16ClNOS/c1-12-2-8-15(9-3-12)20-11-16(19)18-10-13-4-6-14(17)7-5-13/h2-9H,10-11H2,1H3,(H,18,19). The van der Waals surface area contributed by atoms with Gasteiger partial charge < -0.3 is 5.32 Å². The maximum atomic E-state index is 11.8. The second kappa shape index (κ2) is 7.36. The molecule has 0 radical (unpaired) electrons. The van der Waals surface area contributed by atoms with Crippen molar-refractivity contribution in [1.29, 1.82) is 0 Å². The number of carbonyl (C=O) groups excluding carboxylic acids is 1. The SMILES string of the molecule is Cc1ccc(SCC(=O)NCc2ccc(Cl)cc2)cc1. The first-order chi connectivity index (χ1) is 9.63. The summed E-state index contributed by atoms with van der Waals surface area (Å²) in [5.41, 5.74) is 2.27. The Morgan fingerprint density at radius 2 is 1.75 bits per heavy atom. The molecule has 2 aromatic rings. The maximum Gasteiger partial charge on any atom is 0.230 e. The van der Waals surface area contributed by atoms with Crippen molar-refractivity contribution in [3.8, 4) is 0 Å². The van der Waals surface area contributed by atoms with E-state index in [1.54, 1.807) is 11.8 Å². The topological polar surface area (TPSA) is 29.1 Å². The molecule has 104 valence electrons. The largest absolute Gasteiger partial charge is 0.351 e. The number of benzene rings is 2. The van der Waals surface area contributed by atoms with Gasteiger partial charge in [0.05, 0.1) is 5.75 Å². The molecule has 2 nitrogen and oxygen atoms in total. The van der Waals surface area contributed by atoms with Crippen LogP contribution < -0.4 is 5.32 Å². The molecule has 4 heteroatoms. The van der Waals surface area contributed by atoms with Crippen molar-refractivity contribution in [3.63, 3.8) is 0 Å². The summed E-state index contributed by atoms with van der Waals surface area (Å²) < 4.78 is 0. The molecule has 0 aromatic heterocycles. The number of hydrogen-bond donors (Lipinski definition) is 1. The molecular weight excluding hydrogens is 290 g/mol. The highest BCUT2D eigenvalue weighted by Gasteiger charge is 2.03. The number of amides is 1. The first-order valence-corrected chi connectivity index (χ1v) is 7.70. The van der Waals surface area contributed by atoms with Crippen molar-refractivity contribution in [3.05, 3.63) is 64.7 Å². The molecule has 0 bridgehead atoms. The summed E-state index contributed by atoms with van der Waals surface area (Å²) in [6.07, 6.45) is 0. The minimum absolute atomic E-state index is 0.0329. The monoisotopic (exact) mass is 305 g/mol. The zero-order chi connectivity index (χ0) is 14.4. The highest BCUT2D eigenvalue weighted by molar-refractivity contribution is 8.00. The number of carbonyl (C=O) groups is 1. The molecule has 0 saturated carbocycles. The molecule has 2 rings (SSSR count). The van der Waals surface area contributed by atoms with Gasteiger partial charge in [-0.1, -0.05) is 41.4 Å². The van der Waals surface area contributed by atoms with Crippen LogP contribution in [0.15, 0.2) is 53.4 Å². The lowest BCUT2D eigenvalue weighted by Crippen LogP contribution is -2.24. The summed E-state index contributed by atoms with van der Waals surface area (Å²) in [5.74, 6) is 0.460. The van der Waals surface area contributed by atoms with Crippen molar-refractivity contribution < 1.29 is 4.79 Å². The van der Waals surface area contributed by atoms with Crippen LogP contribution in [0.5, 0.6) is 0 Å². The van der Waals surface area contributed by atoms with Crippen molar-refractivity contribution in [2.45, 2.75) is 18.4 Å². The molecule has 0 aliphatic rings. The van der Waals surface area contributed by atoms with E-state index in [9.17, 15) is 4.79 Å². The van der Waals surface area contributed by atoms with Gasteiger partial charge in [0, 0.05) is 16.5 Å². The number of aryl methyl sites for hydroxylation is 1. The van der Waals surface area contributed by atoms with Gasteiger partial charge in [-0.05, 0) is 36.8 Å².